The van der Waals surface area contributed by atoms with Crippen LogP contribution < -0.4 is 0 Å². The highest BCUT2D eigenvalue weighted by molar-refractivity contribution is 6.21. The lowest BCUT2D eigenvalue weighted by Gasteiger charge is -2.16. The molecular weight excluding hydrogens is 777 g/mol. The molecule has 12 rings (SSSR count). The third-order valence-electron chi connectivity index (χ3n) is 12.3. The Bertz CT molecular complexity index is 3640. The van der Waals surface area contributed by atoms with Crippen LogP contribution in [0.5, 0.6) is 0 Å². The zero-order valence-corrected chi connectivity index (χ0v) is 34.7. The number of hydrogen-bond acceptors (Lipinski definition) is 4. The topological polar surface area (TPSA) is 51.6 Å². The number of rotatable bonds is 7. The number of fused-ring (bicyclic) bond motifs is 6. The van der Waals surface area contributed by atoms with Crippen LogP contribution in [0.3, 0.4) is 0 Å². The Balaban J connectivity index is 0.989. The smallest absolute Gasteiger partial charge is 0.164 e. The third-order valence-corrected chi connectivity index (χ3v) is 12.3. The summed E-state index contributed by atoms with van der Waals surface area (Å²) < 4.78 is 0. The molecule has 0 radical (unpaired) electrons. The van der Waals surface area contributed by atoms with E-state index in [1.165, 1.54) is 16.3 Å². The Morgan fingerprint density at radius 1 is 0.219 bits per heavy atom. The van der Waals surface area contributed by atoms with E-state index in [0.717, 1.165) is 88.2 Å². The van der Waals surface area contributed by atoms with Gasteiger partial charge in [0.05, 0.1) is 11.0 Å². The second-order valence-electron chi connectivity index (χ2n) is 16.2. The predicted octanol–water partition coefficient (Wildman–Crippen LogP) is 15.5. The molecule has 0 atom stereocenters. The Labute approximate surface area is 370 Å². The molecule has 0 aliphatic heterocycles. The van der Waals surface area contributed by atoms with E-state index in [4.69, 9.17) is 19.9 Å². The minimum atomic E-state index is 0.617. The van der Waals surface area contributed by atoms with Crippen LogP contribution >= 0.6 is 0 Å². The van der Waals surface area contributed by atoms with Crippen LogP contribution in [0.2, 0.25) is 0 Å². The number of pyridine rings is 1. The van der Waals surface area contributed by atoms with Crippen LogP contribution in [0.25, 0.3) is 122 Å². The maximum atomic E-state index is 5.44. The van der Waals surface area contributed by atoms with Crippen molar-refractivity contribution in [2.45, 2.75) is 0 Å². The second kappa shape index (κ2) is 15.7. The van der Waals surface area contributed by atoms with Gasteiger partial charge < -0.3 is 0 Å². The fraction of sp³-hybridized carbons (Fsp3) is 0. The van der Waals surface area contributed by atoms with Crippen LogP contribution in [0.1, 0.15) is 0 Å². The molecular formula is C60H38N4. The van der Waals surface area contributed by atoms with Gasteiger partial charge in [0.25, 0.3) is 0 Å². The van der Waals surface area contributed by atoms with Crippen LogP contribution in [0.15, 0.2) is 231 Å². The maximum Gasteiger partial charge on any atom is 0.164 e. The zero-order chi connectivity index (χ0) is 42.4. The quantitative estimate of drug-likeness (QED) is 0.119. The minimum Gasteiger partial charge on any atom is -0.246 e. The Morgan fingerprint density at radius 3 is 1.17 bits per heavy atom. The molecule has 0 aliphatic rings. The summed E-state index contributed by atoms with van der Waals surface area (Å²) in [6, 6.07) is 81.3. The van der Waals surface area contributed by atoms with Crippen molar-refractivity contribution in [3.05, 3.63) is 231 Å². The highest BCUT2D eigenvalue weighted by atomic mass is 15.0. The van der Waals surface area contributed by atoms with E-state index in [1.54, 1.807) is 0 Å². The molecule has 0 bridgehead atoms. The van der Waals surface area contributed by atoms with Crippen molar-refractivity contribution >= 4 is 43.4 Å². The van der Waals surface area contributed by atoms with Crippen molar-refractivity contribution in [2.75, 3.05) is 0 Å². The van der Waals surface area contributed by atoms with Gasteiger partial charge in [-0.3, -0.25) is 0 Å². The maximum absolute atomic E-state index is 5.44. The van der Waals surface area contributed by atoms with E-state index < -0.39 is 0 Å². The molecule has 2 aromatic heterocycles. The largest absolute Gasteiger partial charge is 0.246 e. The Kier molecular flexibility index (Phi) is 9.12. The van der Waals surface area contributed by atoms with Gasteiger partial charge in [-0.05, 0) is 67.9 Å². The molecule has 0 amide bonds. The average molecular weight is 815 g/mol. The van der Waals surface area contributed by atoms with E-state index in [-0.39, 0.29) is 0 Å². The molecule has 2 heterocycles. The first-order chi connectivity index (χ1) is 31.7. The summed E-state index contributed by atoms with van der Waals surface area (Å²) in [5.74, 6) is 1.87. The zero-order valence-electron chi connectivity index (χ0n) is 34.7. The number of aromatic nitrogens is 4. The lowest BCUT2D eigenvalue weighted by Crippen LogP contribution is -2.00. The van der Waals surface area contributed by atoms with Crippen molar-refractivity contribution in [2.24, 2.45) is 0 Å². The molecule has 0 aliphatic carbocycles. The molecule has 0 unspecified atom stereocenters. The summed E-state index contributed by atoms with van der Waals surface area (Å²) in [4.78, 5) is 20.7. The van der Waals surface area contributed by atoms with Crippen LogP contribution in [0.4, 0.5) is 0 Å². The van der Waals surface area contributed by atoms with E-state index in [9.17, 15) is 0 Å². The minimum absolute atomic E-state index is 0.617. The van der Waals surface area contributed by atoms with Crippen LogP contribution in [0, 0.1) is 0 Å². The van der Waals surface area contributed by atoms with Gasteiger partial charge in [0.2, 0.25) is 0 Å². The summed E-state index contributed by atoms with van der Waals surface area (Å²) in [6.07, 6.45) is 0. The molecule has 0 fully saturated rings. The van der Waals surface area contributed by atoms with E-state index in [0.29, 0.717) is 17.5 Å². The van der Waals surface area contributed by atoms with Crippen LogP contribution in [-0.2, 0) is 0 Å². The number of nitrogens with zero attached hydrogens (tertiary/aromatic N) is 4. The van der Waals surface area contributed by atoms with Gasteiger partial charge in [0.15, 0.2) is 17.5 Å². The molecule has 4 heteroatoms. The van der Waals surface area contributed by atoms with Crippen LogP contribution in [-0.4, -0.2) is 19.9 Å². The molecule has 0 saturated heterocycles. The first-order valence-corrected chi connectivity index (χ1v) is 21.6. The van der Waals surface area contributed by atoms with Crippen molar-refractivity contribution in [1.82, 2.24) is 19.9 Å². The Morgan fingerprint density at radius 2 is 0.609 bits per heavy atom. The highest BCUT2D eigenvalue weighted by Crippen LogP contribution is 2.42. The Hall–Kier alpha value is -8.60. The molecule has 10 aromatic carbocycles. The SMILES string of the molecule is c1ccc(-c2cccc(-c3nc(-c4ccccc4)nc(-c4cccc(-c5ccccc5-c5cccc(-c6c7ccc8ccccc8c7nc7c6ccc6ccccc67)c5)c4)n3)c2)cc1. The predicted molar refractivity (Wildman–Crippen MR) is 266 cm³/mol. The molecule has 4 nitrogen and oxygen atoms in total. The van der Waals surface area contributed by atoms with Gasteiger partial charge >= 0.3 is 0 Å². The molecule has 64 heavy (non-hydrogen) atoms. The standard InChI is InChI=1S/C60H38N4/c1-3-16-39(17-4-1)43-22-13-26-47(36-43)59-62-58(42-20-5-2-6-21-42)63-60(64-59)48-27-15-24-45(38-48)50-29-12-11-28-49(50)44-23-14-25-46(37-44)55-53-34-32-40-18-7-9-30-51(40)56(53)61-57-52-31-10-8-19-41(52)33-35-54(55)57/h1-38H. The lowest BCUT2D eigenvalue weighted by molar-refractivity contribution is 1.07. The average Bonchev–Trinajstić information content (AvgIpc) is 3.38. The highest BCUT2D eigenvalue weighted by Gasteiger charge is 2.18. The third kappa shape index (κ3) is 6.66. The molecule has 298 valence electrons. The molecule has 0 saturated carbocycles. The summed E-state index contributed by atoms with van der Waals surface area (Å²) in [6.45, 7) is 0. The van der Waals surface area contributed by atoms with Gasteiger partial charge in [-0.2, -0.15) is 0 Å². The first-order valence-electron chi connectivity index (χ1n) is 21.6. The van der Waals surface area contributed by atoms with Crippen molar-refractivity contribution in [1.29, 1.82) is 0 Å². The van der Waals surface area contributed by atoms with Gasteiger partial charge in [-0.15, -0.1) is 0 Å². The second-order valence-corrected chi connectivity index (χ2v) is 16.2. The molecule has 0 spiro atoms. The summed E-state index contributed by atoms with van der Waals surface area (Å²) in [5, 5.41) is 6.94. The fourth-order valence-corrected chi connectivity index (χ4v) is 9.20. The molecule has 0 N–H and O–H groups in total. The van der Waals surface area contributed by atoms with E-state index in [1.807, 2.05) is 36.4 Å². The van der Waals surface area contributed by atoms with E-state index >= 15 is 0 Å². The normalized spacial score (nSPS) is 11.4. The summed E-state index contributed by atoms with van der Waals surface area (Å²) in [5.41, 5.74) is 13.9. The first kappa shape index (κ1) is 37.2. The number of hydrogen-bond donors (Lipinski definition) is 0. The monoisotopic (exact) mass is 814 g/mol. The van der Waals surface area contributed by atoms with Crippen molar-refractivity contribution in [3.63, 3.8) is 0 Å². The van der Waals surface area contributed by atoms with Gasteiger partial charge in [0.1, 0.15) is 0 Å². The van der Waals surface area contributed by atoms with E-state index in [2.05, 4.69) is 194 Å². The summed E-state index contributed by atoms with van der Waals surface area (Å²) >= 11 is 0. The van der Waals surface area contributed by atoms with Crippen molar-refractivity contribution < 1.29 is 0 Å². The summed E-state index contributed by atoms with van der Waals surface area (Å²) in [7, 11) is 0. The number of benzene rings is 10. The van der Waals surface area contributed by atoms with Gasteiger partial charge in [0, 0.05) is 43.8 Å². The fourth-order valence-electron chi connectivity index (χ4n) is 9.20. The van der Waals surface area contributed by atoms with Crippen molar-refractivity contribution in [3.8, 4) is 78.7 Å². The molecule has 12 aromatic rings. The van der Waals surface area contributed by atoms with Gasteiger partial charge in [-0.1, -0.05) is 212 Å². The van der Waals surface area contributed by atoms with Gasteiger partial charge in [-0.25, -0.2) is 19.9 Å². The lowest BCUT2D eigenvalue weighted by atomic mass is 9.89.